The smallest absolute Gasteiger partial charge is 0.0459 e. The highest BCUT2D eigenvalue weighted by Crippen LogP contribution is 2.44. The molecule has 0 fully saturated rings. The minimum Gasteiger partial charge on any atom is -0.358 e. The van der Waals surface area contributed by atoms with Crippen LogP contribution < -0.4 is 0 Å². The van der Waals surface area contributed by atoms with Crippen LogP contribution in [0.25, 0.3) is 21.8 Å². The minimum absolute atomic E-state index is 0.128. The molecular weight excluding hydrogens is 408 g/mol. The standard InChI is InChI=1S/C25H21BrN2/c1-15-23(18-10-4-7-13-21(18)27-15)25(17-9-3-6-12-20(17)26)24-16(2)28-22-14-8-5-11-19(22)24/h3-14,25,27-28H,1-2H3. The van der Waals surface area contributed by atoms with E-state index in [1.165, 1.54) is 49.9 Å². The SMILES string of the molecule is Cc1[nH]c2ccccc2c1C(c1ccccc1Br)c1c(C)[nH]c2ccccc12. The topological polar surface area (TPSA) is 31.6 Å². The highest BCUT2D eigenvalue weighted by Gasteiger charge is 2.28. The number of benzene rings is 3. The average Bonchev–Trinajstić information content (AvgIpc) is 3.20. The molecule has 5 aromatic rings. The number of hydrogen-bond donors (Lipinski definition) is 2. The Labute approximate surface area is 172 Å². The van der Waals surface area contributed by atoms with E-state index in [0.717, 1.165) is 4.47 Å². The molecule has 0 amide bonds. The van der Waals surface area contributed by atoms with Crippen LogP contribution in [0.15, 0.2) is 77.3 Å². The van der Waals surface area contributed by atoms with Gasteiger partial charge in [-0.15, -0.1) is 0 Å². The van der Waals surface area contributed by atoms with Crippen LogP contribution in [0.5, 0.6) is 0 Å². The van der Waals surface area contributed by atoms with Crippen LogP contribution in [-0.4, -0.2) is 9.97 Å². The second kappa shape index (κ2) is 6.68. The maximum atomic E-state index is 3.82. The zero-order valence-corrected chi connectivity index (χ0v) is 17.5. The Morgan fingerprint density at radius 1 is 0.643 bits per heavy atom. The van der Waals surface area contributed by atoms with Crippen LogP contribution in [-0.2, 0) is 0 Å². The molecule has 2 aromatic heterocycles. The summed E-state index contributed by atoms with van der Waals surface area (Å²) in [6.07, 6.45) is 0. The first-order valence-corrected chi connectivity index (χ1v) is 10.3. The molecule has 0 saturated heterocycles. The van der Waals surface area contributed by atoms with Crippen molar-refractivity contribution in [2.45, 2.75) is 19.8 Å². The molecule has 0 atom stereocenters. The first-order valence-electron chi connectivity index (χ1n) is 9.54. The lowest BCUT2D eigenvalue weighted by atomic mass is 9.82. The van der Waals surface area contributed by atoms with Crippen LogP contribution >= 0.6 is 15.9 Å². The van der Waals surface area contributed by atoms with Gasteiger partial charge in [-0.2, -0.15) is 0 Å². The first-order chi connectivity index (χ1) is 13.6. The van der Waals surface area contributed by atoms with E-state index in [0.29, 0.717) is 0 Å². The maximum absolute atomic E-state index is 3.82. The Hall–Kier alpha value is -2.78. The quantitative estimate of drug-likeness (QED) is 0.304. The van der Waals surface area contributed by atoms with E-state index >= 15 is 0 Å². The summed E-state index contributed by atoms with van der Waals surface area (Å²) in [6, 6.07) is 25.8. The molecule has 0 aliphatic carbocycles. The molecule has 3 heteroatoms. The molecule has 0 radical (unpaired) electrons. The lowest BCUT2D eigenvalue weighted by Gasteiger charge is -2.21. The molecule has 0 aliphatic heterocycles. The molecule has 0 unspecified atom stereocenters. The monoisotopic (exact) mass is 428 g/mol. The van der Waals surface area contributed by atoms with Crippen molar-refractivity contribution in [3.05, 3.63) is 105 Å². The lowest BCUT2D eigenvalue weighted by Crippen LogP contribution is -2.06. The third-order valence-corrected chi connectivity index (χ3v) is 6.40. The van der Waals surface area contributed by atoms with Gasteiger partial charge in [0.15, 0.2) is 0 Å². The number of hydrogen-bond acceptors (Lipinski definition) is 0. The van der Waals surface area contributed by atoms with Gasteiger partial charge < -0.3 is 9.97 Å². The van der Waals surface area contributed by atoms with E-state index in [2.05, 4.69) is 113 Å². The molecular formula is C25H21BrN2. The number of fused-ring (bicyclic) bond motifs is 2. The number of aromatic amines is 2. The molecule has 2 heterocycles. The van der Waals surface area contributed by atoms with Gasteiger partial charge in [0.1, 0.15) is 0 Å². The van der Waals surface area contributed by atoms with Crippen LogP contribution in [0.4, 0.5) is 0 Å². The van der Waals surface area contributed by atoms with Gasteiger partial charge in [-0.3, -0.25) is 0 Å². The second-order valence-electron chi connectivity index (χ2n) is 7.37. The van der Waals surface area contributed by atoms with Gasteiger partial charge >= 0.3 is 0 Å². The molecule has 2 nitrogen and oxygen atoms in total. The first kappa shape index (κ1) is 17.3. The van der Waals surface area contributed by atoms with E-state index in [9.17, 15) is 0 Å². The van der Waals surface area contributed by atoms with Gasteiger partial charge in [-0.05, 0) is 48.7 Å². The van der Waals surface area contributed by atoms with Crippen molar-refractivity contribution in [2.24, 2.45) is 0 Å². The van der Waals surface area contributed by atoms with E-state index < -0.39 is 0 Å². The van der Waals surface area contributed by atoms with Gasteiger partial charge in [0.05, 0.1) is 0 Å². The summed E-state index contributed by atoms with van der Waals surface area (Å²) >= 11 is 3.82. The molecule has 3 aromatic carbocycles. The summed E-state index contributed by atoms with van der Waals surface area (Å²) in [5, 5.41) is 2.57. The van der Waals surface area contributed by atoms with Gasteiger partial charge in [0, 0.05) is 43.6 Å². The fourth-order valence-electron chi connectivity index (χ4n) is 4.51. The van der Waals surface area contributed by atoms with Crippen molar-refractivity contribution in [1.29, 1.82) is 0 Å². The zero-order chi connectivity index (χ0) is 19.3. The van der Waals surface area contributed by atoms with E-state index in [-0.39, 0.29) is 5.92 Å². The Bertz CT molecular complexity index is 1230. The lowest BCUT2D eigenvalue weighted by molar-refractivity contribution is 0.955. The van der Waals surface area contributed by atoms with Crippen molar-refractivity contribution >= 4 is 37.7 Å². The summed E-state index contributed by atoms with van der Waals surface area (Å²) in [5.74, 6) is 0.128. The van der Waals surface area contributed by atoms with Gasteiger partial charge in [0.2, 0.25) is 0 Å². The van der Waals surface area contributed by atoms with E-state index in [4.69, 9.17) is 0 Å². The predicted octanol–water partition coefficient (Wildman–Crippen LogP) is 7.21. The number of aryl methyl sites for hydroxylation is 2. The van der Waals surface area contributed by atoms with Crippen molar-refractivity contribution in [3.63, 3.8) is 0 Å². The third kappa shape index (κ3) is 2.61. The van der Waals surface area contributed by atoms with Gasteiger partial charge in [0.25, 0.3) is 0 Å². The molecule has 28 heavy (non-hydrogen) atoms. The molecule has 0 saturated carbocycles. The normalized spacial score (nSPS) is 11.7. The zero-order valence-electron chi connectivity index (χ0n) is 15.9. The molecule has 0 bridgehead atoms. The van der Waals surface area contributed by atoms with Crippen LogP contribution in [0.1, 0.15) is 34.0 Å². The number of H-pyrrole nitrogens is 2. The van der Waals surface area contributed by atoms with Crippen LogP contribution in [0.3, 0.4) is 0 Å². The van der Waals surface area contributed by atoms with Crippen LogP contribution in [0.2, 0.25) is 0 Å². The number of rotatable bonds is 3. The fraction of sp³-hybridized carbons (Fsp3) is 0.120. The predicted molar refractivity (Wildman–Crippen MR) is 121 cm³/mol. The van der Waals surface area contributed by atoms with E-state index in [1.54, 1.807) is 0 Å². The summed E-state index contributed by atoms with van der Waals surface area (Å²) in [7, 11) is 0. The molecule has 138 valence electrons. The van der Waals surface area contributed by atoms with Crippen molar-refractivity contribution in [2.75, 3.05) is 0 Å². The second-order valence-corrected chi connectivity index (χ2v) is 8.23. The summed E-state index contributed by atoms with van der Waals surface area (Å²) in [4.78, 5) is 7.20. The van der Waals surface area contributed by atoms with Gasteiger partial charge in [-0.1, -0.05) is 70.5 Å². The average molecular weight is 429 g/mol. The highest BCUT2D eigenvalue weighted by atomic mass is 79.9. The maximum Gasteiger partial charge on any atom is 0.0459 e. The molecule has 0 spiro atoms. The Morgan fingerprint density at radius 2 is 1.11 bits per heavy atom. The van der Waals surface area contributed by atoms with Crippen LogP contribution in [0, 0.1) is 13.8 Å². The number of nitrogens with one attached hydrogen (secondary N) is 2. The minimum atomic E-state index is 0.128. The number of halogens is 1. The Balaban J connectivity index is 1.90. The summed E-state index contributed by atoms with van der Waals surface area (Å²) < 4.78 is 1.13. The number of aromatic nitrogens is 2. The van der Waals surface area contributed by atoms with Crippen molar-refractivity contribution in [1.82, 2.24) is 9.97 Å². The van der Waals surface area contributed by atoms with Crippen molar-refractivity contribution < 1.29 is 0 Å². The summed E-state index contributed by atoms with van der Waals surface area (Å²) in [5.41, 5.74) is 8.77. The van der Waals surface area contributed by atoms with Crippen molar-refractivity contribution in [3.8, 4) is 0 Å². The highest BCUT2D eigenvalue weighted by molar-refractivity contribution is 9.10. The molecule has 0 aliphatic rings. The molecule has 2 N–H and O–H groups in total. The Kier molecular flexibility index (Phi) is 4.13. The fourth-order valence-corrected chi connectivity index (χ4v) is 5.02. The van der Waals surface area contributed by atoms with Gasteiger partial charge in [-0.25, -0.2) is 0 Å². The third-order valence-electron chi connectivity index (χ3n) is 5.68. The molecule has 5 rings (SSSR count). The Morgan fingerprint density at radius 3 is 1.64 bits per heavy atom. The largest absolute Gasteiger partial charge is 0.358 e. The van der Waals surface area contributed by atoms with E-state index in [1.807, 2.05) is 0 Å². The summed E-state index contributed by atoms with van der Waals surface area (Å²) in [6.45, 7) is 4.37. The number of para-hydroxylation sites is 2.